The summed E-state index contributed by atoms with van der Waals surface area (Å²) in [6.07, 6.45) is 0.808. The van der Waals surface area contributed by atoms with E-state index in [9.17, 15) is 9.59 Å². The van der Waals surface area contributed by atoms with Crippen molar-refractivity contribution >= 4 is 27.7 Å². The van der Waals surface area contributed by atoms with Gasteiger partial charge >= 0.3 is 5.97 Å². The minimum atomic E-state index is -0.568. The highest BCUT2D eigenvalue weighted by atomic mass is 79.9. The first-order valence-corrected chi connectivity index (χ1v) is 8.15. The number of alkyl halides is 1. The summed E-state index contributed by atoms with van der Waals surface area (Å²) in [5.74, 6) is 0.502. The van der Waals surface area contributed by atoms with Gasteiger partial charge in [0.25, 0.3) is 0 Å². The van der Waals surface area contributed by atoms with Crippen LogP contribution in [0.3, 0.4) is 0 Å². The summed E-state index contributed by atoms with van der Waals surface area (Å²) < 4.78 is 10.7. The number of rotatable bonds is 5. The molecule has 1 unspecified atom stereocenters. The quantitative estimate of drug-likeness (QED) is 0.602. The number of Topliss-reactive ketones (excluding diaryl/α,β-unsaturated/α-hetero) is 1. The number of para-hydroxylation sites is 1. The maximum atomic E-state index is 12.3. The number of esters is 1. The monoisotopic (exact) mass is 354 g/mol. The Morgan fingerprint density at radius 3 is 2.86 bits per heavy atom. The van der Waals surface area contributed by atoms with Crippen molar-refractivity contribution in [2.75, 3.05) is 18.5 Å². The fraction of sp³-hybridized carbons (Fsp3) is 0.500. The predicted octanol–water partition coefficient (Wildman–Crippen LogP) is 2.80. The fourth-order valence-corrected chi connectivity index (χ4v) is 3.24. The highest BCUT2D eigenvalue weighted by Crippen LogP contribution is 2.41. The van der Waals surface area contributed by atoms with Gasteiger partial charge in [0.05, 0.1) is 30.4 Å². The summed E-state index contributed by atoms with van der Waals surface area (Å²) in [5, 5.41) is 0.311. The van der Waals surface area contributed by atoms with Crippen molar-refractivity contribution in [1.29, 1.82) is 0 Å². The zero-order valence-corrected chi connectivity index (χ0v) is 13.9. The average molecular weight is 355 g/mol. The van der Waals surface area contributed by atoms with E-state index in [1.807, 2.05) is 25.1 Å². The van der Waals surface area contributed by atoms with Crippen LogP contribution < -0.4 is 4.74 Å². The molecule has 0 bridgehead atoms. The molecular weight excluding hydrogens is 336 g/mol. The van der Waals surface area contributed by atoms with Crippen molar-refractivity contribution in [3.63, 3.8) is 0 Å². The van der Waals surface area contributed by atoms with Gasteiger partial charge in [-0.25, -0.2) is 0 Å². The summed E-state index contributed by atoms with van der Waals surface area (Å²) >= 11 is 3.25. The molecule has 0 amide bonds. The number of benzene rings is 1. The van der Waals surface area contributed by atoms with Gasteiger partial charge in [-0.15, -0.1) is 0 Å². The second-order valence-electron chi connectivity index (χ2n) is 5.26. The Morgan fingerprint density at radius 1 is 1.43 bits per heavy atom. The molecule has 0 aliphatic carbocycles. The molecule has 114 valence electrons. The topological polar surface area (TPSA) is 52.6 Å². The van der Waals surface area contributed by atoms with E-state index in [0.29, 0.717) is 30.7 Å². The normalized spacial score (nSPS) is 20.3. The number of ether oxygens (including phenoxy) is 2. The molecule has 1 aromatic rings. The largest absolute Gasteiger partial charge is 0.493 e. The predicted molar refractivity (Wildman–Crippen MR) is 83.0 cm³/mol. The molecule has 0 fully saturated rings. The number of carbonyl (C=O) groups is 2. The lowest BCUT2D eigenvalue weighted by Crippen LogP contribution is -2.39. The smallest absolute Gasteiger partial charge is 0.310 e. The third-order valence-electron chi connectivity index (χ3n) is 3.92. The molecule has 0 N–H and O–H groups in total. The lowest BCUT2D eigenvalue weighted by molar-refractivity contribution is -0.142. The van der Waals surface area contributed by atoms with Crippen molar-refractivity contribution in [3.05, 3.63) is 29.3 Å². The molecule has 1 aromatic carbocycles. The number of fused-ring (bicyclic) bond motifs is 1. The molecule has 1 heterocycles. The number of ketones is 1. The Labute approximate surface area is 132 Å². The Kier molecular flexibility index (Phi) is 5.04. The maximum absolute atomic E-state index is 12.3. The van der Waals surface area contributed by atoms with E-state index in [4.69, 9.17) is 9.47 Å². The zero-order valence-electron chi connectivity index (χ0n) is 12.3. The molecule has 0 radical (unpaired) electrons. The lowest BCUT2D eigenvalue weighted by Gasteiger charge is -2.35. The van der Waals surface area contributed by atoms with Gasteiger partial charge in [-0.3, -0.25) is 9.59 Å². The summed E-state index contributed by atoms with van der Waals surface area (Å²) in [6.45, 7) is 4.54. The average Bonchev–Trinajstić information content (AvgIpc) is 2.47. The summed E-state index contributed by atoms with van der Waals surface area (Å²) in [6, 6.07) is 5.62. The molecule has 1 atom stereocenters. The van der Waals surface area contributed by atoms with Crippen LogP contribution in [0.4, 0.5) is 0 Å². The van der Waals surface area contributed by atoms with E-state index in [0.717, 1.165) is 11.1 Å². The Hall–Kier alpha value is -1.36. The third-order valence-corrected chi connectivity index (χ3v) is 4.43. The zero-order chi connectivity index (χ0) is 15.5. The number of halogens is 1. The van der Waals surface area contributed by atoms with Crippen LogP contribution in [0.25, 0.3) is 0 Å². The first-order chi connectivity index (χ1) is 10.0. The van der Waals surface area contributed by atoms with E-state index >= 15 is 0 Å². The SMILES string of the molecule is CCOC(=O)Cc1cccc2c1OCCC2(C)C(=O)CBr. The van der Waals surface area contributed by atoms with Gasteiger partial charge in [0.1, 0.15) is 5.75 Å². The van der Waals surface area contributed by atoms with Crippen LogP contribution in [-0.2, 0) is 26.2 Å². The van der Waals surface area contributed by atoms with Crippen LogP contribution in [0.1, 0.15) is 31.4 Å². The molecule has 1 aliphatic heterocycles. The standard InChI is InChI=1S/C16H19BrO4/c1-3-20-14(19)9-11-5-4-6-12-15(11)21-8-7-16(12,2)13(18)10-17/h4-6H,3,7-10H2,1-2H3. The van der Waals surface area contributed by atoms with Crippen molar-refractivity contribution in [1.82, 2.24) is 0 Å². The van der Waals surface area contributed by atoms with Gasteiger partial charge in [0, 0.05) is 11.1 Å². The molecule has 0 saturated heterocycles. The van der Waals surface area contributed by atoms with Crippen LogP contribution in [-0.4, -0.2) is 30.3 Å². The lowest BCUT2D eigenvalue weighted by atomic mass is 9.74. The van der Waals surface area contributed by atoms with Crippen molar-refractivity contribution < 1.29 is 19.1 Å². The summed E-state index contributed by atoms with van der Waals surface area (Å²) in [7, 11) is 0. The third kappa shape index (κ3) is 3.12. The van der Waals surface area contributed by atoms with E-state index in [-0.39, 0.29) is 18.2 Å². The first-order valence-electron chi connectivity index (χ1n) is 7.03. The Bertz CT molecular complexity index is 555. The first kappa shape index (κ1) is 16.0. The van der Waals surface area contributed by atoms with Crippen LogP contribution >= 0.6 is 15.9 Å². The molecule has 2 rings (SSSR count). The minimum absolute atomic E-state index is 0.125. The second kappa shape index (κ2) is 6.60. The molecular formula is C16H19BrO4. The minimum Gasteiger partial charge on any atom is -0.493 e. The van der Waals surface area contributed by atoms with Gasteiger partial charge in [-0.05, 0) is 20.3 Å². The van der Waals surface area contributed by atoms with Crippen molar-refractivity contribution in [2.24, 2.45) is 0 Å². The Balaban J connectivity index is 2.39. The van der Waals surface area contributed by atoms with Crippen molar-refractivity contribution in [3.8, 4) is 5.75 Å². The fourth-order valence-electron chi connectivity index (χ4n) is 2.63. The van der Waals surface area contributed by atoms with E-state index in [2.05, 4.69) is 15.9 Å². The molecule has 0 spiro atoms. The highest BCUT2D eigenvalue weighted by Gasteiger charge is 2.40. The van der Waals surface area contributed by atoms with Crippen LogP contribution in [0, 0.1) is 0 Å². The van der Waals surface area contributed by atoms with E-state index < -0.39 is 5.41 Å². The number of hydrogen-bond acceptors (Lipinski definition) is 4. The molecule has 0 aromatic heterocycles. The van der Waals surface area contributed by atoms with Gasteiger partial charge in [-0.2, -0.15) is 0 Å². The second-order valence-corrected chi connectivity index (χ2v) is 5.82. The highest BCUT2D eigenvalue weighted by molar-refractivity contribution is 9.09. The maximum Gasteiger partial charge on any atom is 0.310 e. The van der Waals surface area contributed by atoms with Gasteiger partial charge in [0.2, 0.25) is 0 Å². The summed E-state index contributed by atoms with van der Waals surface area (Å²) in [5.41, 5.74) is 1.07. The Morgan fingerprint density at radius 2 is 2.19 bits per heavy atom. The molecule has 0 saturated carbocycles. The van der Waals surface area contributed by atoms with E-state index in [1.165, 1.54) is 0 Å². The molecule has 5 heteroatoms. The van der Waals surface area contributed by atoms with Crippen molar-refractivity contribution in [2.45, 2.75) is 32.1 Å². The van der Waals surface area contributed by atoms with Gasteiger partial charge in [0.15, 0.2) is 5.78 Å². The molecule has 21 heavy (non-hydrogen) atoms. The molecule has 4 nitrogen and oxygen atoms in total. The summed E-state index contributed by atoms with van der Waals surface area (Å²) in [4.78, 5) is 24.0. The van der Waals surface area contributed by atoms with Crippen LogP contribution in [0.2, 0.25) is 0 Å². The number of carbonyl (C=O) groups excluding carboxylic acids is 2. The van der Waals surface area contributed by atoms with Crippen LogP contribution in [0.15, 0.2) is 18.2 Å². The molecule has 1 aliphatic rings. The van der Waals surface area contributed by atoms with Crippen LogP contribution in [0.5, 0.6) is 5.75 Å². The van der Waals surface area contributed by atoms with Gasteiger partial charge in [-0.1, -0.05) is 34.1 Å². The number of hydrogen-bond donors (Lipinski definition) is 0. The van der Waals surface area contributed by atoms with E-state index in [1.54, 1.807) is 6.92 Å². The van der Waals surface area contributed by atoms with Gasteiger partial charge < -0.3 is 9.47 Å².